The summed E-state index contributed by atoms with van der Waals surface area (Å²) in [7, 11) is 3.40. The van der Waals surface area contributed by atoms with Gasteiger partial charge in [0.2, 0.25) is 0 Å². The van der Waals surface area contributed by atoms with Crippen LogP contribution in [0.5, 0.6) is 5.75 Å². The van der Waals surface area contributed by atoms with E-state index in [9.17, 15) is 0 Å². The molecular weight excluding hydrogens is 290 g/mol. The van der Waals surface area contributed by atoms with E-state index < -0.39 is 0 Å². The zero-order valence-electron chi connectivity index (χ0n) is 13.5. The molecule has 0 fully saturated rings. The van der Waals surface area contributed by atoms with Crippen LogP contribution in [-0.4, -0.2) is 35.4 Å². The van der Waals surface area contributed by atoms with E-state index in [2.05, 4.69) is 21.7 Å². The molecular formula is C18H21N3O2. The van der Waals surface area contributed by atoms with Gasteiger partial charge in [0.05, 0.1) is 13.7 Å². The number of hydrogen-bond acceptors (Lipinski definition) is 4. The molecule has 0 aliphatic carbocycles. The molecule has 0 unspecified atom stereocenters. The van der Waals surface area contributed by atoms with Gasteiger partial charge in [-0.3, -0.25) is 0 Å². The standard InChI is InChI=1S/C18H21N3O2/c1-22-12-4-6-17-20-16-5-3-11-19-18(16)21(17)13-14-7-9-15(23-2)10-8-14/h3,5,7-11H,4,6,12-13H2,1-2H3. The number of ether oxygens (including phenoxy) is 2. The van der Waals surface area contributed by atoms with Gasteiger partial charge in [0, 0.05) is 26.3 Å². The zero-order valence-corrected chi connectivity index (χ0v) is 13.5. The van der Waals surface area contributed by atoms with Crippen LogP contribution in [0.3, 0.4) is 0 Å². The maximum atomic E-state index is 5.22. The van der Waals surface area contributed by atoms with E-state index in [-0.39, 0.29) is 0 Å². The van der Waals surface area contributed by atoms with Crippen molar-refractivity contribution >= 4 is 11.2 Å². The number of imidazole rings is 1. The number of pyridine rings is 1. The number of benzene rings is 1. The van der Waals surface area contributed by atoms with Gasteiger partial charge >= 0.3 is 0 Å². The van der Waals surface area contributed by atoms with Crippen molar-refractivity contribution in [3.05, 3.63) is 54.0 Å². The smallest absolute Gasteiger partial charge is 0.160 e. The van der Waals surface area contributed by atoms with Crippen molar-refractivity contribution in [1.82, 2.24) is 14.5 Å². The van der Waals surface area contributed by atoms with Crippen LogP contribution in [0.15, 0.2) is 42.6 Å². The fourth-order valence-electron chi connectivity index (χ4n) is 2.65. The van der Waals surface area contributed by atoms with Crippen LogP contribution in [0.4, 0.5) is 0 Å². The third-order valence-corrected chi connectivity index (χ3v) is 3.83. The van der Waals surface area contributed by atoms with Crippen molar-refractivity contribution < 1.29 is 9.47 Å². The Bertz CT molecular complexity index is 766. The third-order valence-electron chi connectivity index (χ3n) is 3.83. The number of fused-ring (bicyclic) bond motifs is 1. The minimum Gasteiger partial charge on any atom is -0.497 e. The van der Waals surface area contributed by atoms with Crippen LogP contribution in [0.1, 0.15) is 17.8 Å². The van der Waals surface area contributed by atoms with E-state index in [1.807, 2.05) is 30.5 Å². The number of aryl methyl sites for hydroxylation is 1. The van der Waals surface area contributed by atoms with Gasteiger partial charge < -0.3 is 14.0 Å². The summed E-state index contributed by atoms with van der Waals surface area (Å²) in [4.78, 5) is 9.24. The Morgan fingerprint density at radius 1 is 1.09 bits per heavy atom. The quantitative estimate of drug-likeness (QED) is 0.629. The van der Waals surface area contributed by atoms with E-state index in [0.717, 1.165) is 48.7 Å². The maximum Gasteiger partial charge on any atom is 0.160 e. The van der Waals surface area contributed by atoms with Gasteiger partial charge in [-0.1, -0.05) is 12.1 Å². The van der Waals surface area contributed by atoms with Crippen molar-refractivity contribution in [3.63, 3.8) is 0 Å². The Morgan fingerprint density at radius 2 is 1.91 bits per heavy atom. The topological polar surface area (TPSA) is 49.2 Å². The first kappa shape index (κ1) is 15.5. The first-order valence-corrected chi connectivity index (χ1v) is 7.74. The second-order valence-corrected chi connectivity index (χ2v) is 5.40. The Hall–Kier alpha value is -2.40. The molecule has 0 N–H and O–H groups in total. The molecule has 0 bridgehead atoms. The molecule has 3 rings (SSSR count). The molecule has 0 aliphatic rings. The van der Waals surface area contributed by atoms with E-state index in [1.165, 1.54) is 5.56 Å². The summed E-state index contributed by atoms with van der Waals surface area (Å²) >= 11 is 0. The molecule has 5 nitrogen and oxygen atoms in total. The molecule has 1 aromatic carbocycles. The second-order valence-electron chi connectivity index (χ2n) is 5.40. The summed E-state index contributed by atoms with van der Waals surface area (Å²) < 4.78 is 12.6. The zero-order chi connectivity index (χ0) is 16.1. The molecule has 120 valence electrons. The van der Waals surface area contributed by atoms with E-state index in [0.29, 0.717) is 0 Å². The highest BCUT2D eigenvalue weighted by molar-refractivity contribution is 5.71. The number of hydrogen-bond donors (Lipinski definition) is 0. The van der Waals surface area contributed by atoms with Gasteiger partial charge in [-0.05, 0) is 36.2 Å². The van der Waals surface area contributed by atoms with E-state index in [1.54, 1.807) is 14.2 Å². The first-order valence-electron chi connectivity index (χ1n) is 7.74. The maximum absolute atomic E-state index is 5.22. The molecule has 0 atom stereocenters. The average molecular weight is 311 g/mol. The number of rotatable bonds is 7. The Morgan fingerprint density at radius 3 is 2.65 bits per heavy atom. The Labute approximate surface area is 135 Å². The van der Waals surface area contributed by atoms with Gasteiger partial charge in [-0.15, -0.1) is 0 Å². The average Bonchev–Trinajstić information content (AvgIpc) is 2.94. The minimum absolute atomic E-state index is 0.735. The molecule has 0 radical (unpaired) electrons. The number of aromatic nitrogens is 3. The van der Waals surface area contributed by atoms with Gasteiger partial charge in [0.25, 0.3) is 0 Å². The first-order chi connectivity index (χ1) is 11.3. The summed E-state index contributed by atoms with van der Waals surface area (Å²) in [6, 6.07) is 12.0. The lowest BCUT2D eigenvalue weighted by Crippen LogP contribution is -2.07. The molecule has 0 saturated heterocycles. The lowest BCUT2D eigenvalue weighted by atomic mass is 10.2. The lowest BCUT2D eigenvalue weighted by Gasteiger charge is -2.09. The molecule has 2 heterocycles. The van der Waals surface area contributed by atoms with Gasteiger partial charge in [-0.2, -0.15) is 0 Å². The van der Waals surface area contributed by atoms with Crippen molar-refractivity contribution in [1.29, 1.82) is 0 Å². The largest absolute Gasteiger partial charge is 0.497 e. The van der Waals surface area contributed by atoms with Crippen LogP contribution in [0.25, 0.3) is 11.2 Å². The molecule has 0 saturated carbocycles. The lowest BCUT2D eigenvalue weighted by molar-refractivity contribution is 0.194. The fraction of sp³-hybridized carbons (Fsp3) is 0.333. The third kappa shape index (κ3) is 3.51. The predicted molar refractivity (Wildman–Crippen MR) is 89.8 cm³/mol. The summed E-state index contributed by atoms with van der Waals surface area (Å²) in [6.45, 7) is 1.49. The van der Waals surface area contributed by atoms with Gasteiger partial charge in [0.1, 0.15) is 17.1 Å². The molecule has 3 aromatic rings. The van der Waals surface area contributed by atoms with Crippen LogP contribution < -0.4 is 4.74 Å². The minimum atomic E-state index is 0.735. The number of methoxy groups -OCH3 is 2. The number of nitrogens with zero attached hydrogens (tertiary/aromatic N) is 3. The SMILES string of the molecule is COCCCc1nc2cccnc2n1Cc1ccc(OC)cc1. The van der Waals surface area contributed by atoms with Crippen LogP contribution in [0.2, 0.25) is 0 Å². The summed E-state index contributed by atoms with van der Waals surface area (Å²) in [5.74, 6) is 1.91. The highest BCUT2D eigenvalue weighted by Gasteiger charge is 2.11. The molecule has 0 aliphatic heterocycles. The predicted octanol–water partition coefficient (Wildman–Crippen LogP) is 3.07. The van der Waals surface area contributed by atoms with Crippen molar-refractivity contribution in [2.45, 2.75) is 19.4 Å². The van der Waals surface area contributed by atoms with E-state index >= 15 is 0 Å². The van der Waals surface area contributed by atoms with Crippen molar-refractivity contribution in [3.8, 4) is 5.75 Å². The van der Waals surface area contributed by atoms with Gasteiger partial charge in [0.15, 0.2) is 5.65 Å². The van der Waals surface area contributed by atoms with Crippen molar-refractivity contribution in [2.75, 3.05) is 20.8 Å². The second kappa shape index (κ2) is 7.24. The highest BCUT2D eigenvalue weighted by Crippen LogP contribution is 2.18. The normalized spacial score (nSPS) is 11.0. The van der Waals surface area contributed by atoms with Crippen LogP contribution >= 0.6 is 0 Å². The van der Waals surface area contributed by atoms with E-state index in [4.69, 9.17) is 14.5 Å². The molecule has 0 spiro atoms. The fourth-order valence-corrected chi connectivity index (χ4v) is 2.65. The van der Waals surface area contributed by atoms with Crippen LogP contribution in [0, 0.1) is 0 Å². The summed E-state index contributed by atoms with van der Waals surface area (Å²) in [5, 5.41) is 0. The molecule has 0 amide bonds. The molecule has 5 heteroatoms. The van der Waals surface area contributed by atoms with Crippen molar-refractivity contribution in [2.24, 2.45) is 0 Å². The summed E-state index contributed by atoms with van der Waals surface area (Å²) in [6.07, 6.45) is 3.64. The molecule has 2 aromatic heterocycles. The van der Waals surface area contributed by atoms with Crippen LogP contribution in [-0.2, 0) is 17.7 Å². The summed E-state index contributed by atoms with van der Waals surface area (Å²) in [5.41, 5.74) is 3.06. The Balaban J connectivity index is 1.91. The van der Waals surface area contributed by atoms with Gasteiger partial charge in [-0.25, -0.2) is 9.97 Å². The molecule has 23 heavy (non-hydrogen) atoms. The Kier molecular flexibility index (Phi) is 4.88. The highest BCUT2D eigenvalue weighted by atomic mass is 16.5. The monoisotopic (exact) mass is 311 g/mol.